The van der Waals surface area contributed by atoms with Crippen molar-refractivity contribution in [2.24, 2.45) is 11.7 Å². The molecule has 1 rings (SSSR count). The summed E-state index contributed by atoms with van der Waals surface area (Å²) in [4.78, 5) is 10.8. The van der Waals surface area contributed by atoms with Crippen LogP contribution < -0.4 is 11.1 Å². The topological polar surface area (TPSA) is 55.1 Å². The summed E-state index contributed by atoms with van der Waals surface area (Å²) >= 11 is 0. The van der Waals surface area contributed by atoms with Crippen molar-refractivity contribution in [3.63, 3.8) is 0 Å². The lowest BCUT2D eigenvalue weighted by molar-refractivity contribution is -0.122. The number of hydrogen-bond acceptors (Lipinski definition) is 2. The van der Waals surface area contributed by atoms with Gasteiger partial charge in [-0.05, 0) is 18.8 Å². The molecule has 0 spiro atoms. The summed E-state index contributed by atoms with van der Waals surface area (Å²) in [6.07, 6.45) is 2.24. The Morgan fingerprint density at radius 3 is 2.67 bits per heavy atom. The lowest BCUT2D eigenvalue weighted by Gasteiger charge is -2.06. The Labute approximate surface area is 54.6 Å². The van der Waals surface area contributed by atoms with Gasteiger partial charge in [-0.25, -0.2) is 0 Å². The maximum Gasteiger partial charge on any atom is 0.236 e. The molecule has 0 aromatic carbocycles. The minimum Gasteiger partial charge on any atom is -0.358 e. The van der Waals surface area contributed by atoms with E-state index in [4.69, 9.17) is 5.73 Å². The van der Waals surface area contributed by atoms with Crippen LogP contribution in [0.4, 0.5) is 0 Å². The molecule has 1 fully saturated rings. The number of nitrogens with one attached hydrogen (secondary N) is 1. The van der Waals surface area contributed by atoms with Crippen LogP contribution in [0.5, 0.6) is 0 Å². The molecule has 1 saturated carbocycles. The van der Waals surface area contributed by atoms with E-state index in [0.717, 1.165) is 12.8 Å². The predicted octanol–water partition coefficient (Wildman–Crippen LogP) is -0.530. The first-order chi connectivity index (χ1) is 4.25. The molecule has 0 aromatic heterocycles. The molecular weight excluding hydrogens is 116 g/mol. The monoisotopic (exact) mass is 128 g/mol. The van der Waals surface area contributed by atoms with Gasteiger partial charge in [0.05, 0.1) is 6.04 Å². The quantitative estimate of drug-likeness (QED) is 0.525. The van der Waals surface area contributed by atoms with Gasteiger partial charge < -0.3 is 11.1 Å². The third-order valence-electron chi connectivity index (χ3n) is 1.68. The first kappa shape index (κ1) is 6.55. The zero-order valence-corrected chi connectivity index (χ0v) is 5.55. The van der Waals surface area contributed by atoms with E-state index in [1.165, 1.54) is 0 Å². The SMILES string of the molecule is CNC(=O)[C@H](N)C1CC1. The van der Waals surface area contributed by atoms with Crippen LogP contribution in [0.3, 0.4) is 0 Å². The Morgan fingerprint density at radius 2 is 2.33 bits per heavy atom. The molecule has 1 aliphatic carbocycles. The zero-order chi connectivity index (χ0) is 6.85. The second-order valence-corrected chi connectivity index (χ2v) is 2.48. The van der Waals surface area contributed by atoms with Crippen LogP contribution in [0.25, 0.3) is 0 Å². The summed E-state index contributed by atoms with van der Waals surface area (Å²) in [5, 5.41) is 2.52. The molecule has 0 bridgehead atoms. The molecule has 0 radical (unpaired) electrons. The second kappa shape index (κ2) is 2.35. The fraction of sp³-hybridized carbons (Fsp3) is 0.833. The second-order valence-electron chi connectivity index (χ2n) is 2.48. The van der Waals surface area contributed by atoms with Crippen molar-refractivity contribution >= 4 is 5.91 Å². The molecule has 1 amide bonds. The van der Waals surface area contributed by atoms with Gasteiger partial charge in [0, 0.05) is 7.05 Å². The van der Waals surface area contributed by atoms with Crippen molar-refractivity contribution in [2.45, 2.75) is 18.9 Å². The standard InChI is InChI=1S/C6H12N2O/c1-8-6(9)5(7)4-2-3-4/h4-5H,2-3,7H2,1H3,(H,8,9)/t5-/m1/s1. The van der Waals surface area contributed by atoms with Gasteiger partial charge in [-0.1, -0.05) is 0 Å². The average molecular weight is 128 g/mol. The lowest BCUT2D eigenvalue weighted by Crippen LogP contribution is -2.40. The van der Waals surface area contributed by atoms with Gasteiger partial charge in [0.15, 0.2) is 0 Å². The Hall–Kier alpha value is -0.570. The van der Waals surface area contributed by atoms with Gasteiger partial charge in [-0.3, -0.25) is 4.79 Å². The van der Waals surface area contributed by atoms with Crippen LogP contribution in [0, 0.1) is 5.92 Å². The lowest BCUT2D eigenvalue weighted by atomic mass is 10.2. The van der Waals surface area contributed by atoms with Crippen LogP contribution in [-0.4, -0.2) is 19.0 Å². The molecule has 0 aliphatic heterocycles. The van der Waals surface area contributed by atoms with E-state index in [2.05, 4.69) is 5.32 Å². The Bertz CT molecular complexity index is 120. The smallest absolute Gasteiger partial charge is 0.236 e. The summed E-state index contributed by atoms with van der Waals surface area (Å²) < 4.78 is 0. The summed E-state index contributed by atoms with van der Waals surface area (Å²) in [6.45, 7) is 0. The molecule has 3 N–H and O–H groups in total. The van der Waals surface area contributed by atoms with Crippen molar-refractivity contribution in [1.29, 1.82) is 0 Å². The van der Waals surface area contributed by atoms with E-state index in [-0.39, 0.29) is 11.9 Å². The average Bonchev–Trinajstić information content (AvgIpc) is 2.66. The molecule has 52 valence electrons. The predicted molar refractivity (Wildman–Crippen MR) is 34.8 cm³/mol. The molecule has 0 heterocycles. The van der Waals surface area contributed by atoms with Crippen LogP contribution >= 0.6 is 0 Å². The highest BCUT2D eigenvalue weighted by molar-refractivity contribution is 5.81. The molecule has 0 saturated heterocycles. The molecule has 1 atom stereocenters. The van der Waals surface area contributed by atoms with Crippen LogP contribution in [0.1, 0.15) is 12.8 Å². The largest absolute Gasteiger partial charge is 0.358 e. The zero-order valence-electron chi connectivity index (χ0n) is 5.55. The first-order valence-corrected chi connectivity index (χ1v) is 3.23. The van der Waals surface area contributed by atoms with Gasteiger partial charge in [-0.15, -0.1) is 0 Å². The van der Waals surface area contributed by atoms with E-state index in [9.17, 15) is 4.79 Å². The molecular formula is C6H12N2O. The van der Waals surface area contributed by atoms with Gasteiger partial charge in [0.1, 0.15) is 0 Å². The maximum atomic E-state index is 10.8. The van der Waals surface area contributed by atoms with E-state index >= 15 is 0 Å². The van der Waals surface area contributed by atoms with Crippen molar-refractivity contribution in [2.75, 3.05) is 7.05 Å². The van der Waals surface area contributed by atoms with Crippen molar-refractivity contribution in [3.05, 3.63) is 0 Å². The maximum absolute atomic E-state index is 10.8. The van der Waals surface area contributed by atoms with E-state index in [1.807, 2.05) is 0 Å². The van der Waals surface area contributed by atoms with Gasteiger partial charge >= 0.3 is 0 Å². The fourth-order valence-electron chi connectivity index (χ4n) is 0.836. The van der Waals surface area contributed by atoms with Crippen LogP contribution in [0.2, 0.25) is 0 Å². The molecule has 9 heavy (non-hydrogen) atoms. The molecule has 0 unspecified atom stereocenters. The normalized spacial score (nSPS) is 21.1. The Morgan fingerprint density at radius 1 is 1.78 bits per heavy atom. The van der Waals surface area contributed by atoms with E-state index in [0.29, 0.717) is 5.92 Å². The minimum absolute atomic E-state index is 0.0301. The van der Waals surface area contributed by atoms with E-state index < -0.39 is 0 Å². The summed E-state index contributed by atoms with van der Waals surface area (Å²) in [5.41, 5.74) is 5.52. The highest BCUT2D eigenvalue weighted by Gasteiger charge is 2.32. The number of nitrogens with two attached hydrogens (primary N) is 1. The molecule has 3 heteroatoms. The number of hydrogen-bond donors (Lipinski definition) is 2. The number of carbonyl (C=O) groups is 1. The Balaban J connectivity index is 2.30. The summed E-state index contributed by atoms with van der Waals surface area (Å²) in [7, 11) is 1.62. The van der Waals surface area contributed by atoms with Crippen LogP contribution in [0.15, 0.2) is 0 Å². The number of likely N-dealkylation sites (N-methyl/N-ethyl adjacent to an activating group) is 1. The number of rotatable bonds is 2. The van der Waals surface area contributed by atoms with Crippen molar-refractivity contribution < 1.29 is 4.79 Å². The van der Waals surface area contributed by atoms with Gasteiger partial charge in [-0.2, -0.15) is 0 Å². The van der Waals surface area contributed by atoms with E-state index in [1.54, 1.807) is 7.05 Å². The molecule has 1 aliphatic rings. The van der Waals surface area contributed by atoms with Crippen molar-refractivity contribution in [3.8, 4) is 0 Å². The molecule has 3 nitrogen and oxygen atoms in total. The third kappa shape index (κ3) is 1.42. The highest BCUT2D eigenvalue weighted by Crippen LogP contribution is 2.31. The Kier molecular flexibility index (Phi) is 1.71. The fourth-order valence-corrected chi connectivity index (χ4v) is 0.836. The third-order valence-corrected chi connectivity index (χ3v) is 1.68. The first-order valence-electron chi connectivity index (χ1n) is 3.23. The summed E-state index contributed by atoms with van der Waals surface area (Å²) in [6, 6.07) is -0.255. The van der Waals surface area contributed by atoms with Crippen molar-refractivity contribution in [1.82, 2.24) is 5.32 Å². The molecule has 0 aromatic rings. The number of amides is 1. The minimum atomic E-state index is -0.255. The van der Waals surface area contributed by atoms with Crippen LogP contribution in [-0.2, 0) is 4.79 Å². The van der Waals surface area contributed by atoms with Gasteiger partial charge in [0.2, 0.25) is 5.91 Å². The summed E-state index contributed by atoms with van der Waals surface area (Å²) in [5.74, 6) is 0.433. The van der Waals surface area contributed by atoms with Gasteiger partial charge in [0.25, 0.3) is 0 Å². The highest BCUT2D eigenvalue weighted by atomic mass is 16.2. The number of carbonyl (C=O) groups excluding carboxylic acids is 1.